The summed E-state index contributed by atoms with van der Waals surface area (Å²) in [4.78, 5) is 24.9. The van der Waals surface area contributed by atoms with Gasteiger partial charge in [0.2, 0.25) is 0 Å². The maximum atomic E-state index is 13.0. The van der Waals surface area contributed by atoms with Crippen LogP contribution < -0.4 is 13.9 Å². The highest BCUT2D eigenvalue weighted by Gasteiger charge is 2.41. The van der Waals surface area contributed by atoms with Gasteiger partial charge in [-0.25, -0.2) is 13.2 Å². The van der Waals surface area contributed by atoms with Crippen LogP contribution in [0.3, 0.4) is 0 Å². The number of sulfonamides is 1. The first-order chi connectivity index (χ1) is 12.6. The van der Waals surface area contributed by atoms with Crippen LogP contribution in [0.25, 0.3) is 0 Å². The van der Waals surface area contributed by atoms with E-state index in [1.54, 1.807) is 0 Å². The van der Waals surface area contributed by atoms with Crippen LogP contribution in [0.1, 0.15) is 6.92 Å². The van der Waals surface area contributed by atoms with E-state index in [0.29, 0.717) is 4.31 Å². The molecule has 1 aliphatic rings. The average molecular weight is 429 g/mol. The molecule has 0 aromatic heterocycles. The Morgan fingerprint density at radius 3 is 2.44 bits per heavy atom. The van der Waals surface area contributed by atoms with Gasteiger partial charge in [-0.15, -0.1) is 0 Å². The first-order valence-electron chi connectivity index (χ1n) is 7.67. The molecule has 1 aliphatic heterocycles. The quantitative estimate of drug-likeness (QED) is 0.740. The zero-order valence-corrected chi connectivity index (χ0v) is 16.6. The van der Waals surface area contributed by atoms with Crippen LogP contribution in [0, 0.1) is 0 Å². The van der Waals surface area contributed by atoms with Crippen LogP contribution in [0.4, 0.5) is 16.2 Å². The molecule has 142 valence electrons. The zero-order valence-electron chi connectivity index (χ0n) is 14.3. The van der Waals surface area contributed by atoms with Gasteiger partial charge in [-0.1, -0.05) is 23.2 Å². The van der Waals surface area contributed by atoms with E-state index >= 15 is 0 Å². The Hall–Kier alpha value is -2.29. The number of anilines is 2. The van der Waals surface area contributed by atoms with Crippen LogP contribution in [-0.4, -0.2) is 33.9 Å². The van der Waals surface area contributed by atoms with Crippen LogP contribution >= 0.6 is 23.2 Å². The number of ketones is 1. The highest BCUT2D eigenvalue weighted by molar-refractivity contribution is 7.94. The largest absolute Gasteiger partial charge is 0.486 e. The maximum Gasteiger partial charge on any atom is 0.342 e. The van der Waals surface area contributed by atoms with Gasteiger partial charge in [-0.3, -0.25) is 9.69 Å². The van der Waals surface area contributed by atoms with Crippen molar-refractivity contribution < 1.29 is 22.7 Å². The number of ether oxygens (including phenoxy) is 1. The zero-order chi connectivity index (χ0) is 19.9. The Bertz CT molecular complexity index is 1060. The van der Waals surface area contributed by atoms with Crippen molar-refractivity contribution in [2.75, 3.05) is 22.9 Å². The van der Waals surface area contributed by atoms with E-state index < -0.39 is 16.1 Å². The topological polar surface area (TPSA) is 84.0 Å². The Labute approximate surface area is 166 Å². The van der Waals surface area contributed by atoms with Crippen LogP contribution in [0.15, 0.2) is 41.3 Å². The molecule has 27 heavy (non-hydrogen) atoms. The van der Waals surface area contributed by atoms with Gasteiger partial charge in [-0.05, 0) is 37.3 Å². The van der Waals surface area contributed by atoms with Gasteiger partial charge in [0.25, 0.3) is 10.0 Å². The van der Waals surface area contributed by atoms with Crippen molar-refractivity contribution in [2.24, 2.45) is 0 Å². The second kappa shape index (κ2) is 7.03. The fourth-order valence-corrected chi connectivity index (χ4v) is 4.46. The Kier molecular flexibility index (Phi) is 5.07. The summed E-state index contributed by atoms with van der Waals surface area (Å²) >= 11 is 11.8. The fraction of sp³-hybridized carbons (Fsp3) is 0.176. The molecule has 0 spiro atoms. The summed E-state index contributed by atoms with van der Waals surface area (Å²) in [6.45, 7) is 1.21. The molecule has 2 aromatic carbocycles. The lowest BCUT2D eigenvalue weighted by molar-refractivity contribution is -0.118. The number of carbonyl (C=O) groups excluding carboxylic acids is 2. The molecule has 0 fully saturated rings. The van der Waals surface area contributed by atoms with Gasteiger partial charge < -0.3 is 4.74 Å². The van der Waals surface area contributed by atoms with Crippen molar-refractivity contribution in [3.05, 3.63) is 46.4 Å². The number of amides is 2. The number of hydrogen-bond donors (Lipinski definition) is 0. The average Bonchev–Trinajstić information content (AvgIpc) is 2.61. The molecule has 2 amide bonds. The number of urea groups is 1. The molecule has 0 saturated heterocycles. The second-order valence-corrected chi connectivity index (χ2v) is 8.40. The number of hydrogen-bond acceptors (Lipinski definition) is 5. The molecule has 1 heterocycles. The summed E-state index contributed by atoms with van der Waals surface area (Å²) in [6, 6.07) is 7.49. The summed E-state index contributed by atoms with van der Waals surface area (Å²) in [6.07, 6.45) is 0. The molecule has 2 aromatic rings. The van der Waals surface area contributed by atoms with Crippen LogP contribution in [0.5, 0.6) is 5.75 Å². The SMILES string of the molecule is CC(=O)COc1ccc2c(c1)N(C)C(=O)N(c1ccc(Cl)c(Cl)c1)S2(=O)=O. The highest BCUT2D eigenvalue weighted by Crippen LogP contribution is 2.39. The van der Waals surface area contributed by atoms with E-state index in [2.05, 4.69) is 0 Å². The smallest absolute Gasteiger partial charge is 0.342 e. The predicted octanol–water partition coefficient (Wildman–Crippen LogP) is 3.73. The predicted molar refractivity (Wildman–Crippen MR) is 103 cm³/mol. The van der Waals surface area contributed by atoms with Gasteiger partial charge in [0.1, 0.15) is 17.3 Å². The third kappa shape index (κ3) is 3.47. The number of rotatable bonds is 4. The monoisotopic (exact) mass is 428 g/mol. The Balaban J connectivity index is 2.09. The first kappa shape index (κ1) is 19.5. The third-order valence-corrected chi connectivity index (χ3v) is 6.34. The molecule has 10 heteroatoms. The third-order valence-electron chi connectivity index (χ3n) is 3.85. The number of halogens is 2. The minimum absolute atomic E-state index is 0.0730. The molecule has 0 atom stereocenters. The van der Waals surface area contributed by atoms with Gasteiger partial charge in [0.15, 0.2) is 5.78 Å². The number of Topliss-reactive ketones (excluding diaryl/α,β-unsaturated/α-hetero) is 1. The lowest BCUT2D eigenvalue weighted by atomic mass is 10.2. The highest BCUT2D eigenvalue weighted by atomic mass is 35.5. The second-order valence-electron chi connectivity index (χ2n) is 5.83. The van der Waals surface area contributed by atoms with Crippen molar-refractivity contribution in [3.8, 4) is 5.75 Å². The summed E-state index contributed by atoms with van der Waals surface area (Å²) in [5, 5.41) is 0.363. The molecular formula is C17H14Cl2N2O5S. The maximum absolute atomic E-state index is 13.0. The number of benzene rings is 2. The summed E-state index contributed by atoms with van der Waals surface area (Å²) < 4.78 is 32.0. The van der Waals surface area contributed by atoms with E-state index in [9.17, 15) is 18.0 Å². The summed E-state index contributed by atoms with van der Waals surface area (Å²) in [7, 11) is -2.74. The van der Waals surface area contributed by atoms with Gasteiger partial charge in [0, 0.05) is 13.1 Å². The normalized spacial score (nSPS) is 15.5. The van der Waals surface area contributed by atoms with E-state index in [0.717, 1.165) is 0 Å². The Morgan fingerprint density at radius 1 is 1.11 bits per heavy atom. The lowest BCUT2D eigenvalue weighted by Crippen LogP contribution is -2.49. The van der Waals surface area contributed by atoms with Crippen LogP contribution in [-0.2, 0) is 14.8 Å². The van der Waals surface area contributed by atoms with E-state index in [1.165, 1.54) is 55.3 Å². The lowest BCUT2D eigenvalue weighted by Gasteiger charge is -2.34. The fourth-order valence-electron chi connectivity index (χ4n) is 2.55. The molecule has 3 rings (SSSR count). The van der Waals surface area contributed by atoms with Crippen molar-refractivity contribution in [3.63, 3.8) is 0 Å². The number of fused-ring (bicyclic) bond motifs is 1. The standard InChI is InChI=1S/C17H14Cl2N2O5S/c1-10(22)9-26-12-4-6-16-15(8-12)20(2)17(23)21(27(16,24)25)11-3-5-13(18)14(19)7-11/h3-8H,9H2,1-2H3. The van der Waals surface area contributed by atoms with E-state index in [4.69, 9.17) is 27.9 Å². The van der Waals surface area contributed by atoms with Crippen molar-refractivity contribution in [1.82, 2.24) is 0 Å². The van der Waals surface area contributed by atoms with Gasteiger partial charge >= 0.3 is 6.03 Å². The van der Waals surface area contributed by atoms with Gasteiger partial charge in [0.05, 0.1) is 21.4 Å². The first-order valence-corrected chi connectivity index (χ1v) is 9.87. The molecule has 0 bridgehead atoms. The number of nitrogens with zero attached hydrogens (tertiary/aromatic N) is 2. The molecular weight excluding hydrogens is 415 g/mol. The van der Waals surface area contributed by atoms with Crippen LogP contribution in [0.2, 0.25) is 10.0 Å². The minimum atomic E-state index is -4.18. The molecule has 0 saturated carbocycles. The molecule has 0 radical (unpaired) electrons. The van der Waals surface area contributed by atoms with Crippen molar-refractivity contribution in [2.45, 2.75) is 11.8 Å². The van der Waals surface area contributed by atoms with E-state index in [-0.39, 0.29) is 44.5 Å². The molecule has 0 aliphatic carbocycles. The van der Waals surface area contributed by atoms with Crippen molar-refractivity contribution in [1.29, 1.82) is 0 Å². The molecule has 0 N–H and O–H groups in total. The Morgan fingerprint density at radius 2 is 1.81 bits per heavy atom. The summed E-state index contributed by atoms with van der Waals surface area (Å²) in [5.41, 5.74) is 0.223. The number of carbonyl (C=O) groups is 2. The molecule has 7 nitrogen and oxygen atoms in total. The van der Waals surface area contributed by atoms with Crippen molar-refractivity contribution >= 4 is 56.4 Å². The van der Waals surface area contributed by atoms with E-state index in [1.807, 2.05) is 0 Å². The molecule has 0 unspecified atom stereocenters. The minimum Gasteiger partial charge on any atom is -0.486 e. The van der Waals surface area contributed by atoms with Gasteiger partial charge in [-0.2, -0.15) is 4.31 Å². The summed E-state index contributed by atoms with van der Waals surface area (Å²) in [5.74, 6) is 0.0948.